The molecule has 0 aliphatic carbocycles. The van der Waals surface area contributed by atoms with Crippen molar-refractivity contribution in [2.24, 2.45) is 5.92 Å². The van der Waals surface area contributed by atoms with E-state index in [-0.39, 0.29) is 43.4 Å². The Kier molecular flexibility index (Phi) is 11.8. The molecule has 0 bridgehead atoms. The summed E-state index contributed by atoms with van der Waals surface area (Å²) in [4.78, 5) is 15.1. The molecule has 274 valence electrons. The van der Waals surface area contributed by atoms with E-state index in [2.05, 4.69) is 58.9 Å². The molecule has 53 heavy (non-hydrogen) atoms. The first-order valence-electron chi connectivity index (χ1n) is 18.4. The van der Waals surface area contributed by atoms with E-state index in [0.717, 1.165) is 65.1 Å². The van der Waals surface area contributed by atoms with E-state index < -0.39 is 6.29 Å². The van der Waals surface area contributed by atoms with Crippen LogP contribution in [0, 0.1) is 5.92 Å². The largest absolute Gasteiger partial charge is 0.457 e. The quantitative estimate of drug-likeness (QED) is 0.103. The molecule has 2 heterocycles. The number of nitrogens with one attached hydrogen (secondary N) is 2. The van der Waals surface area contributed by atoms with Gasteiger partial charge in [-0.2, -0.15) is 0 Å². The van der Waals surface area contributed by atoms with Crippen LogP contribution in [0.15, 0.2) is 127 Å². The summed E-state index contributed by atoms with van der Waals surface area (Å²) in [5, 5.41) is 25.4. The van der Waals surface area contributed by atoms with Crippen LogP contribution in [0.1, 0.15) is 54.4 Å². The third kappa shape index (κ3) is 9.14. The number of urea groups is 1. The Morgan fingerprint density at radius 3 is 2.26 bits per heavy atom. The summed E-state index contributed by atoms with van der Waals surface area (Å²) in [6.07, 6.45) is 1.21. The summed E-state index contributed by atoms with van der Waals surface area (Å²) in [5.74, 6) is 1.51. The van der Waals surface area contributed by atoms with Crippen molar-refractivity contribution >= 4 is 11.7 Å². The number of amides is 2. The summed E-state index contributed by atoms with van der Waals surface area (Å²) in [5.41, 5.74) is 6.56. The van der Waals surface area contributed by atoms with E-state index in [9.17, 15) is 15.0 Å². The van der Waals surface area contributed by atoms with E-state index in [1.165, 1.54) is 0 Å². The van der Waals surface area contributed by atoms with Gasteiger partial charge in [0.15, 0.2) is 6.29 Å². The molecule has 2 saturated heterocycles. The fourth-order valence-electron chi connectivity index (χ4n) is 7.18. The van der Waals surface area contributed by atoms with Gasteiger partial charge >= 0.3 is 6.03 Å². The number of hydrogen-bond donors (Lipinski definition) is 4. The van der Waals surface area contributed by atoms with Crippen molar-refractivity contribution in [2.45, 2.75) is 57.5 Å². The molecule has 0 radical (unpaired) electrons. The molecule has 9 heteroatoms. The maximum atomic E-state index is 12.7. The van der Waals surface area contributed by atoms with Crippen LogP contribution in [0.3, 0.4) is 0 Å². The molecule has 4 N–H and O–H groups in total. The highest BCUT2D eigenvalue weighted by Crippen LogP contribution is 2.42. The smallest absolute Gasteiger partial charge is 0.319 e. The first kappa shape index (κ1) is 36.3. The van der Waals surface area contributed by atoms with Gasteiger partial charge in [-0.25, -0.2) is 4.79 Å². The molecule has 0 saturated carbocycles. The molecule has 9 nitrogen and oxygen atoms in total. The highest BCUT2D eigenvalue weighted by molar-refractivity contribution is 5.89. The molecule has 2 fully saturated rings. The van der Waals surface area contributed by atoms with Gasteiger partial charge < -0.3 is 35.1 Å². The third-order valence-corrected chi connectivity index (χ3v) is 10.2. The van der Waals surface area contributed by atoms with Gasteiger partial charge in [-0.05, 0) is 89.7 Å². The molecule has 5 aromatic carbocycles. The molecule has 7 rings (SSSR count). The number of rotatable bonds is 12. The van der Waals surface area contributed by atoms with E-state index in [1.807, 2.05) is 91.0 Å². The molecule has 0 spiro atoms. The number of aliphatic hydroxyl groups excluding tert-OH is 2. The normalized spacial score (nSPS) is 21.6. The fourth-order valence-corrected chi connectivity index (χ4v) is 7.18. The molecular formula is C44H47N3O6. The average Bonchev–Trinajstić information content (AvgIpc) is 3.66. The van der Waals surface area contributed by atoms with Gasteiger partial charge in [0.25, 0.3) is 0 Å². The summed E-state index contributed by atoms with van der Waals surface area (Å²) >= 11 is 0. The average molecular weight is 714 g/mol. The summed E-state index contributed by atoms with van der Waals surface area (Å²) in [6, 6.07) is 41.0. The fraction of sp³-hybridized carbons (Fsp3) is 0.295. The number of hydrogen-bond acceptors (Lipinski definition) is 7. The van der Waals surface area contributed by atoms with Crippen LogP contribution in [-0.4, -0.2) is 53.0 Å². The lowest BCUT2D eigenvalue weighted by molar-refractivity contribution is -0.276. The summed E-state index contributed by atoms with van der Waals surface area (Å²) in [6.45, 7) is 4.36. The van der Waals surface area contributed by atoms with Gasteiger partial charge in [0.05, 0.1) is 25.4 Å². The van der Waals surface area contributed by atoms with Crippen LogP contribution in [-0.2, 0) is 22.6 Å². The minimum absolute atomic E-state index is 0.00403. The second kappa shape index (κ2) is 17.2. The number of anilines is 1. The van der Waals surface area contributed by atoms with Crippen LogP contribution >= 0.6 is 0 Å². The Labute approximate surface area is 311 Å². The van der Waals surface area contributed by atoms with Gasteiger partial charge in [0.2, 0.25) is 0 Å². The van der Waals surface area contributed by atoms with Crippen LogP contribution in [0.25, 0.3) is 11.1 Å². The first-order chi connectivity index (χ1) is 25.9. The zero-order valence-electron chi connectivity index (χ0n) is 29.9. The lowest BCUT2D eigenvalue weighted by Gasteiger charge is -2.43. The van der Waals surface area contributed by atoms with E-state index in [0.29, 0.717) is 18.0 Å². The van der Waals surface area contributed by atoms with Gasteiger partial charge in [0, 0.05) is 36.3 Å². The van der Waals surface area contributed by atoms with Crippen molar-refractivity contribution in [1.82, 2.24) is 10.2 Å². The predicted octanol–water partition coefficient (Wildman–Crippen LogP) is 8.21. The molecule has 0 unspecified atom stereocenters. The number of benzene rings is 5. The first-order valence-corrected chi connectivity index (χ1v) is 18.4. The maximum absolute atomic E-state index is 12.7. The number of nitrogens with zero attached hydrogens (tertiary/aromatic N) is 1. The highest BCUT2D eigenvalue weighted by atomic mass is 16.7. The summed E-state index contributed by atoms with van der Waals surface area (Å²) in [7, 11) is 0. The van der Waals surface area contributed by atoms with Crippen molar-refractivity contribution in [1.29, 1.82) is 0 Å². The minimum Gasteiger partial charge on any atom is -0.457 e. The SMILES string of the molecule is C[C@@H]1[C@H](CN2CCC[C@H]2CO)O[C@H](c2ccc(-c3cccc(CNC(=O)Nc4ccc(Oc5ccccc5)cc4)c3)cc2)O[C@@H]1c1ccc(CO)cc1. The van der Waals surface area contributed by atoms with Crippen LogP contribution in [0.5, 0.6) is 11.5 Å². The zero-order chi connectivity index (χ0) is 36.6. The number of likely N-dealkylation sites (tertiary alicyclic amines) is 1. The Morgan fingerprint density at radius 1 is 0.792 bits per heavy atom. The number of carbonyl (C=O) groups is 1. The third-order valence-electron chi connectivity index (χ3n) is 10.2. The van der Waals surface area contributed by atoms with E-state index in [4.69, 9.17) is 14.2 Å². The molecular weight excluding hydrogens is 666 g/mol. The molecule has 2 aliphatic heterocycles. The molecule has 0 aromatic heterocycles. The van der Waals surface area contributed by atoms with Crippen LogP contribution in [0.2, 0.25) is 0 Å². The highest BCUT2D eigenvalue weighted by Gasteiger charge is 2.40. The molecule has 5 atom stereocenters. The number of ether oxygens (including phenoxy) is 3. The van der Waals surface area contributed by atoms with Crippen molar-refractivity contribution in [3.05, 3.63) is 150 Å². The van der Waals surface area contributed by atoms with Crippen molar-refractivity contribution < 1.29 is 29.2 Å². The van der Waals surface area contributed by atoms with Crippen LogP contribution in [0.4, 0.5) is 10.5 Å². The number of para-hydroxylation sites is 1. The Bertz CT molecular complexity index is 1920. The number of carbonyl (C=O) groups excluding carboxylic acids is 1. The van der Waals surface area contributed by atoms with Crippen LogP contribution < -0.4 is 15.4 Å². The van der Waals surface area contributed by atoms with Crippen molar-refractivity contribution in [3.63, 3.8) is 0 Å². The number of aliphatic hydroxyl groups is 2. The molecule has 2 aliphatic rings. The van der Waals surface area contributed by atoms with Crippen molar-refractivity contribution in [3.8, 4) is 22.6 Å². The lowest BCUT2D eigenvalue weighted by atomic mass is 9.89. The van der Waals surface area contributed by atoms with Crippen molar-refractivity contribution in [2.75, 3.05) is 25.0 Å². The van der Waals surface area contributed by atoms with E-state index >= 15 is 0 Å². The molecule has 5 aromatic rings. The second-order valence-corrected chi connectivity index (χ2v) is 13.9. The lowest BCUT2D eigenvalue weighted by Crippen LogP contribution is -2.46. The monoisotopic (exact) mass is 713 g/mol. The minimum atomic E-state index is -0.565. The molecule has 2 amide bonds. The van der Waals surface area contributed by atoms with Gasteiger partial charge in [-0.3, -0.25) is 4.90 Å². The Balaban J connectivity index is 0.988. The van der Waals surface area contributed by atoms with Gasteiger partial charge in [-0.15, -0.1) is 0 Å². The Hall–Kier alpha value is -5.03. The second-order valence-electron chi connectivity index (χ2n) is 13.9. The standard InChI is InChI=1S/C44H47N3O6/c1-30-41(27-47-24-6-9-38(47)29-49)52-43(53-42(30)34-14-12-31(28-48)13-15-34)35-18-16-33(17-19-35)36-8-5-7-32(25-36)26-45-44(50)46-37-20-22-40(23-21-37)51-39-10-3-2-4-11-39/h2-5,7-8,10-23,25,30,38,41-43,48-49H,6,9,24,26-29H2,1H3,(H2,45,46,50)/t30-,38+,41+,42+,43+/m1/s1. The zero-order valence-corrected chi connectivity index (χ0v) is 29.9. The van der Waals surface area contributed by atoms with E-state index in [1.54, 1.807) is 0 Å². The maximum Gasteiger partial charge on any atom is 0.319 e. The Morgan fingerprint density at radius 2 is 1.53 bits per heavy atom. The van der Waals surface area contributed by atoms with Gasteiger partial charge in [0.1, 0.15) is 11.5 Å². The van der Waals surface area contributed by atoms with Gasteiger partial charge in [-0.1, -0.05) is 91.9 Å². The summed E-state index contributed by atoms with van der Waals surface area (Å²) < 4.78 is 19.2. The predicted molar refractivity (Wildman–Crippen MR) is 205 cm³/mol. The topological polar surface area (TPSA) is 113 Å².